The van der Waals surface area contributed by atoms with Crippen molar-refractivity contribution < 1.29 is 23.5 Å². The summed E-state index contributed by atoms with van der Waals surface area (Å²) in [5.74, 6) is 1.33. The number of amides is 1. The van der Waals surface area contributed by atoms with Crippen LogP contribution in [0.5, 0.6) is 17.2 Å². The van der Waals surface area contributed by atoms with E-state index in [4.69, 9.17) is 18.7 Å². The highest BCUT2D eigenvalue weighted by molar-refractivity contribution is 7.13. The Balaban J connectivity index is 1.71. The highest BCUT2D eigenvalue weighted by atomic mass is 32.1. The fourth-order valence-corrected chi connectivity index (χ4v) is 2.97. The first kappa shape index (κ1) is 17.7. The van der Waals surface area contributed by atoms with Crippen molar-refractivity contribution >= 4 is 17.2 Å². The van der Waals surface area contributed by atoms with Gasteiger partial charge in [0.05, 0.1) is 26.2 Å². The van der Waals surface area contributed by atoms with Crippen molar-refractivity contribution in [3.05, 3.63) is 41.1 Å². The minimum absolute atomic E-state index is 0.0964. The van der Waals surface area contributed by atoms with Crippen LogP contribution >= 0.6 is 11.3 Å². The van der Waals surface area contributed by atoms with Gasteiger partial charge in [-0.1, -0.05) is 11.2 Å². The van der Waals surface area contributed by atoms with Crippen LogP contribution in [0, 0.1) is 0 Å². The normalized spacial score (nSPS) is 10.4. The van der Waals surface area contributed by atoms with E-state index in [1.54, 1.807) is 12.1 Å². The second kappa shape index (κ2) is 7.87. The second-order valence-corrected chi connectivity index (χ2v) is 6.06. The average molecular weight is 375 g/mol. The van der Waals surface area contributed by atoms with Crippen molar-refractivity contribution in [3.63, 3.8) is 0 Å². The fraction of sp³-hybridized carbons (Fsp3) is 0.235. The predicted octanol–water partition coefficient (Wildman–Crippen LogP) is 2.75. The van der Waals surface area contributed by atoms with Gasteiger partial charge < -0.3 is 24.1 Å². The molecule has 0 saturated heterocycles. The summed E-state index contributed by atoms with van der Waals surface area (Å²) in [5.41, 5.74) is 0.769. The Kier molecular flexibility index (Phi) is 5.37. The van der Waals surface area contributed by atoms with E-state index in [1.165, 1.54) is 32.7 Å². The van der Waals surface area contributed by atoms with Crippen molar-refractivity contribution in [2.75, 3.05) is 21.3 Å². The number of nitrogens with one attached hydrogen (secondary N) is 1. The molecule has 2 aromatic heterocycles. The lowest BCUT2D eigenvalue weighted by Gasteiger charge is -2.14. The molecule has 0 radical (unpaired) electrons. The maximum atomic E-state index is 12.2. The van der Waals surface area contributed by atoms with Crippen LogP contribution < -0.4 is 19.5 Å². The van der Waals surface area contributed by atoms with Gasteiger partial charge >= 0.3 is 11.8 Å². The largest absolute Gasteiger partial charge is 0.493 e. The van der Waals surface area contributed by atoms with Gasteiger partial charge in [-0.3, -0.25) is 4.79 Å². The Morgan fingerprint density at radius 2 is 1.92 bits per heavy atom. The number of thiophene rings is 1. The molecule has 0 unspecified atom stereocenters. The smallest absolute Gasteiger partial charge is 0.316 e. The van der Waals surface area contributed by atoms with Gasteiger partial charge in [-0.15, -0.1) is 11.3 Å². The van der Waals surface area contributed by atoms with E-state index in [1.807, 2.05) is 17.5 Å². The molecule has 136 valence electrons. The summed E-state index contributed by atoms with van der Waals surface area (Å²) in [4.78, 5) is 17.2. The number of hydrogen-bond acceptors (Lipinski definition) is 8. The van der Waals surface area contributed by atoms with Gasteiger partial charge in [0, 0.05) is 6.54 Å². The number of rotatable bonds is 7. The van der Waals surface area contributed by atoms with Gasteiger partial charge in [0.25, 0.3) is 0 Å². The van der Waals surface area contributed by atoms with E-state index in [2.05, 4.69) is 15.5 Å². The molecule has 0 bridgehead atoms. The summed E-state index contributed by atoms with van der Waals surface area (Å²) < 4.78 is 20.9. The fourth-order valence-electron chi connectivity index (χ4n) is 2.32. The number of carbonyl (C=O) groups excluding carboxylic acids is 1. The van der Waals surface area contributed by atoms with E-state index < -0.39 is 5.91 Å². The lowest BCUT2D eigenvalue weighted by atomic mass is 10.1. The first-order chi connectivity index (χ1) is 12.7. The maximum absolute atomic E-state index is 12.2. The van der Waals surface area contributed by atoms with Crippen molar-refractivity contribution in [2.45, 2.75) is 6.54 Å². The molecular formula is C17H17N3O5S. The number of benzene rings is 1. The van der Waals surface area contributed by atoms with E-state index in [0.717, 1.165) is 10.4 Å². The zero-order valence-corrected chi connectivity index (χ0v) is 15.3. The molecule has 0 aliphatic rings. The summed E-state index contributed by atoms with van der Waals surface area (Å²) in [5, 5.41) is 8.45. The minimum Gasteiger partial charge on any atom is -0.493 e. The number of methoxy groups -OCH3 is 3. The van der Waals surface area contributed by atoms with Gasteiger partial charge in [0.1, 0.15) is 0 Å². The number of aromatic nitrogens is 2. The molecule has 1 aromatic carbocycles. The third-order valence-electron chi connectivity index (χ3n) is 3.54. The van der Waals surface area contributed by atoms with Gasteiger partial charge in [-0.25, -0.2) is 0 Å². The molecule has 9 heteroatoms. The van der Waals surface area contributed by atoms with Crippen LogP contribution in [0.2, 0.25) is 0 Å². The second-order valence-electron chi connectivity index (χ2n) is 5.12. The van der Waals surface area contributed by atoms with Crippen LogP contribution in [-0.2, 0) is 6.54 Å². The zero-order valence-electron chi connectivity index (χ0n) is 14.4. The summed E-state index contributed by atoms with van der Waals surface area (Å²) >= 11 is 1.47. The Hall–Kier alpha value is -3.07. The molecule has 2 heterocycles. The number of hydrogen-bond donors (Lipinski definition) is 1. The van der Waals surface area contributed by atoms with Gasteiger partial charge in [0.2, 0.25) is 11.6 Å². The molecule has 0 atom stereocenters. The molecule has 0 aliphatic carbocycles. The lowest BCUT2D eigenvalue weighted by Crippen LogP contribution is -2.23. The van der Waals surface area contributed by atoms with Gasteiger partial charge in [-0.2, -0.15) is 4.98 Å². The van der Waals surface area contributed by atoms with Crippen LogP contribution in [0.3, 0.4) is 0 Å². The quantitative estimate of drug-likeness (QED) is 0.678. The topological polar surface area (TPSA) is 95.7 Å². The average Bonchev–Trinajstić information content (AvgIpc) is 3.36. The lowest BCUT2D eigenvalue weighted by molar-refractivity contribution is 0.0907. The molecule has 1 amide bonds. The Morgan fingerprint density at radius 3 is 2.50 bits per heavy atom. The van der Waals surface area contributed by atoms with E-state index in [-0.39, 0.29) is 12.4 Å². The molecule has 0 fully saturated rings. The minimum atomic E-state index is -0.464. The summed E-state index contributed by atoms with van der Waals surface area (Å²) in [7, 11) is 4.59. The molecule has 3 aromatic rings. The monoisotopic (exact) mass is 375 g/mol. The van der Waals surface area contributed by atoms with E-state index in [0.29, 0.717) is 23.1 Å². The van der Waals surface area contributed by atoms with Gasteiger partial charge in [-0.05, 0) is 29.1 Å². The standard InChI is InChI=1S/C17H17N3O5S/c1-22-11-7-10(8-12(23-2)14(11)24-3)9-18-16(21)17-19-15(20-25-17)13-5-4-6-26-13/h4-8H,9H2,1-3H3,(H,18,21). The van der Waals surface area contributed by atoms with Crippen molar-refractivity contribution in [2.24, 2.45) is 0 Å². The highest BCUT2D eigenvalue weighted by Crippen LogP contribution is 2.38. The zero-order chi connectivity index (χ0) is 18.5. The van der Waals surface area contributed by atoms with E-state index in [9.17, 15) is 4.79 Å². The number of nitrogens with zero attached hydrogens (tertiary/aromatic N) is 2. The molecule has 0 aliphatic heterocycles. The molecule has 8 nitrogen and oxygen atoms in total. The first-order valence-corrected chi connectivity index (χ1v) is 8.49. The SMILES string of the molecule is COc1cc(CNC(=O)c2nc(-c3cccs3)no2)cc(OC)c1OC. The maximum Gasteiger partial charge on any atom is 0.316 e. The van der Waals surface area contributed by atoms with Crippen LogP contribution in [0.1, 0.15) is 16.2 Å². The molecule has 3 rings (SSSR count). The predicted molar refractivity (Wildman–Crippen MR) is 94.9 cm³/mol. The van der Waals surface area contributed by atoms with Crippen molar-refractivity contribution in [1.29, 1.82) is 0 Å². The van der Waals surface area contributed by atoms with E-state index >= 15 is 0 Å². The third kappa shape index (κ3) is 3.62. The Bertz CT molecular complexity index is 867. The summed E-state index contributed by atoms with van der Waals surface area (Å²) in [6, 6.07) is 7.24. The van der Waals surface area contributed by atoms with Crippen molar-refractivity contribution in [3.8, 4) is 28.0 Å². The van der Waals surface area contributed by atoms with Crippen LogP contribution in [0.4, 0.5) is 0 Å². The number of carbonyl (C=O) groups is 1. The highest BCUT2D eigenvalue weighted by Gasteiger charge is 2.18. The van der Waals surface area contributed by atoms with Crippen LogP contribution in [0.25, 0.3) is 10.7 Å². The molecule has 0 saturated carbocycles. The Morgan fingerprint density at radius 1 is 1.19 bits per heavy atom. The number of ether oxygens (including phenoxy) is 3. The molecule has 26 heavy (non-hydrogen) atoms. The summed E-state index contributed by atoms with van der Waals surface area (Å²) in [6.07, 6.45) is 0. The molecule has 1 N–H and O–H groups in total. The molecular weight excluding hydrogens is 358 g/mol. The molecule has 0 spiro atoms. The first-order valence-electron chi connectivity index (χ1n) is 7.61. The van der Waals surface area contributed by atoms with Gasteiger partial charge in [0.15, 0.2) is 11.5 Å². The van der Waals surface area contributed by atoms with Crippen molar-refractivity contribution in [1.82, 2.24) is 15.5 Å². The summed E-state index contributed by atoms with van der Waals surface area (Å²) in [6.45, 7) is 0.228. The van der Waals surface area contributed by atoms with Crippen LogP contribution in [-0.4, -0.2) is 37.4 Å². The van der Waals surface area contributed by atoms with Crippen LogP contribution in [0.15, 0.2) is 34.2 Å². The Labute approximate surface area is 153 Å². The third-order valence-corrected chi connectivity index (χ3v) is 4.41.